The first-order valence-corrected chi connectivity index (χ1v) is 7.60. The highest BCUT2D eigenvalue weighted by molar-refractivity contribution is 6.05. The molecule has 0 radical (unpaired) electrons. The summed E-state index contributed by atoms with van der Waals surface area (Å²) in [4.78, 5) is 32.7. The van der Waals surface area contributed by atoms with Crippen LogP contribution in [0.2, 0.25) is 0 Å². The fourth-order valence-electron chi connectivity index (χ4n) is 2.19. The summed E-state index contributed by atoms with van der Waals surface area (Å²) in [5, 5.41) is 5.22. The van der Waals surface area contributed by atoms with Crippen molar-refractivity contribution in [1.29, 1.82) is 0 Å². The first kappa shape index (κ1) is 17.8. The van der Waals surface area contributed by atoms with Gasteiger partial charge in [0.2, 0.25) is 5.91 Å². The number of fused-ring (bicyclic) bond motifs is 1. The van der Waals surface area contributed by atoms with Crippen molar-refractivity contribution in [2.75, 3.05) is 6.54 Å². The van der Waals surface area contributed by atoms with Gasteiger partial charge in [0.05, 0.1) is 29.0 Å². The Bertz CT molecular complexity index is 812. The van der Waals surface area contributed by atoms with Crippen LogP contribution in [0.3, 0.4) is 0 Å². The van der Waals surface area contributed by atoms with E-state index < -0.39 is 17.3 Å². The maximum Gasteiger partial charge on any atom is 0.254 e. The Labute approximate surface area is 139 Å². The number of aryl methyl sites for hydroxylation is 2. The number of carbonyl (C=O) groups is 2. The molecule has 0 fully saturated rings. The Morgan fingerprint density at radius 2 is 1.75 bits per heavy atom. The van der Waals surface area contributed by atoms with Crippen LogP contribution in [0, 0.1) is 19.7 Å². The van der Waals surface area contributed by atoms with Crippen molar-refractivity contribution in [2.24, 2.45) is 0 Å². The second kappa shape index (κ2) is 6.51. The van der Waals surface area contributed by atoms with Gasteiger partial charge in [-0.05, 0) is 40.7 Å². The Kier molecular flexibility index (Phi) is 4.82. The fourth-order valence-corrected chi connectivity index (χ4v) is 2.19. The van der Waals surface area contributed by atoms with Crippen molar-refractivity contribution in [2.45, 2.75) is 40.2 Å². The third-order valence-corrected chi connectivity index (χ3v) is 3.31. The van der Waals surface area contributed by atoms with Gasteiger partial charge in [0.1, 0.15) is 11.3 Å². The van der Waals surface area contributed by atoms with Gasteiger partial charge in [-0.25, -0.2) is 14.4 Å². The fraction of sp³-hybridized carbons (Fsp3) is 0.412. The summed E-state index contributed by atoms with van der Waals surface area (Å²) in [6, 6.07) is 2.33. The molecule has 0 unspecified atom stereocenters. The Hall–Kier alpha value is -2.57. The van der Waals surface area contributed by atoms with Crippen molar-refractivity contribution < 1.29 is 14.0 Å². The van der Waals surface area contributed by atoms with Crippen LogP contribution in [0.4, 0.5) is 4.39 Å². The summed E-state index contributed by atoms with van der Waals surface area (Å²) in [6.45, 7) is 8.85. The van der Waals surface area contributed by atoms with Crippen molar-refractivity contribution in [3.05, 3.63) is 34.9 Å². The molecule has 0 aliphatic rings. The van der Waals surface area contributed by atoms with Gasteiger partial charge >= 0.3 is 0 Å². The van der Waals surface area contributed by atoms with E-state index in [1.54, 1.807) is 13.8 Å². The molecule has 0 saturated heterocycles. The first-order valence-electron chi connectivity index (χ1n) is 7.60. The average molecular weight is 332 g/mol. The van der Waals surface area contributed by atoms with E-state index in [9.17, 15) is 14.0 Å². The lowest BCUT2D eigenvalue weighted by molar-refractivity contribution is -0.121. The number of nitrogens with zero attached hydrogens (tertiary/aromatic N) is 2. The summed E-state index contributed by atoms with van der Waals surface area (Å²) >= 11 is 0. The van der Waals surface area contributed by atoms with Gasteiger partial charge in [-0.1, -0.05) is 0 Å². The molecule has 1 heterocycles. The Balaban J connectivity index is 2.26. The molecule has 1 aromatic carbocycles. The highest BCUT2D eigenvalue weighted by atomic mass is 19.1. The molecule has 0 aliphatic carbocycles. The lowest BCUT2D eigenvalue weighted by atomic mass is 10.1. The van der Waals surface area contributed by atoms with Crippen LogP contribution in [0.1, 0.15) is 42.5 Å². The van der Waals surface area contributed by atoms with Crippen LogP contribution in [0.15, 0.2) is 12.1 Å². The van der Waals surface area contributed by atoms with Gasteiger partial charge in [-0.15, -0.1) is 0 Å². The predicted molar refractivity (Wildman–Crippen MR) is 89.2 cm³/mol. The number of nitrogens with one attached hydrogen (secondary N) is 2. The minimum absolute atomic E-state index is 0.0594. The minimum atomic E-state index is -0.579. The van der Waals surface area contributed by atoms with Gasteiger partial charge in [0.25, 0.3) is 5.91 Å². The van der Waals surface area contributed by atoms with E-state index in [0.717, 1.165) is 6.07 Å². The number of amides is 2. The summed E-state index contributed by atoms with van der Waals surface area (Å²) in [7, 11) is 0. The van der Waals surface area contributed by atoms with E-state index >= 15 is 0 Å². The normalized spacial score (nSPS) is 11.4. The molecule has 6 nitrogen and oxygen atoms in total. The molecule has 128 valence electrons. The number of hydrogen-bond donors (Lipinski definition) is 2. The van der Waals surface area contributed by atoms with Crippen molar-refractivity contribution in [3.63, 3.8) is 0 Å². The van der Waals surface area contributed by atoms with Crippen LogP contribution >= 0.6 is 0 Å². The second-order valence-corrected chi connectivity index (χ2v) is 6.70. The molecule has 24 heavy (non-hydrogen) atoms. The number of aromatic nitrogens is 2. The summed E-state index contributed by atoms with van der Waals surface area (Å²) in [5.41, 5.74) is 1.62. The molecule has 1 aromatic heterocycles. The number of rotatable bonds is 3. The van der Waals surface area contributed by atoms with Crippen molar-refractivity contribution in [3.8, 4) is 0 Å². The maximum atomic E-state index is 13.8. The standard InChI is InChI=1S/C17H21FN4O2/c1-9-10(2)21-15-12(6-11(18)7-13(15)20-9)16(24)19-8-14(23)22-17(3,4)5/h6-7H,8H2,1-5H3,(H,19,24)(H,22,23). The topological polar surface area (TPSA) is 84.0 Å². The van der Waals surface area contributed by atoms with Gasteiger partial charge in [-0.3, -0.25) is 9.59 Å². The number of benzene rings is 1. The first-order chi connectivity index (χ1) is 11.1. The molecule has 2 amide bonds. The van der Waals surface area contributed by atoms with Crippen LogP contribution < -0.4 is 10.6 Å². The summed E-state index contributed by atoms with van der Waals surface area (Å²) in [5.74, 6) is -1.47. The smallest absolute Gasteiger partial charge is 0.254 e. The highest BCUT2D eigenvalue weighted by Crippen LogP contribution is 2.19. The van der Waals surface area contributed by atoms with Gasteiger partial charge in [0, 0.05) is 11.6 Å². The third-order valence-electron chi connectivity index (χ3n) is 3.31. The molecule has 0 saturated carbocycles. The number of hydrogen-bond acceptors (Lipinski definition) is 4. The van der Waals surface area contributed by atoms with Gasteiger partial charge in [0.15, 0.2) is 0 Å². The predicted octanol–water partition coefficient (Wildman–Crippen LogP) is 2.03. The zero-order chi connectivity index (χ0) is 18.1. The molecule has 0 spiro atoms. The summed E-state index contributed by atoms with van der Waals surface area (Å²) < 4.78 is 13.8. The van der Waals surface area contributed by atoms with Crippen LogP contribution in [0.5, 0.6) is 0 Å². The molecular formula is C17H21FN4O2. The lowest BCUT2D eigenvalue weighted by Crippen LogP contribution is -2.45. The Morgan fingerprint density at radius 3 is 2.38 bits per heavy atom. The van der Waals surface area contributed by atoms with E-state index in [1.807, 2.05) is 20.8 Å². The maximum absolute atomic E-state index is 13.8. The zero-order valence-electron chi connectivity index (χ0n) is 14.5. The number of halogens is 1. The van der Waals surface area contributed by atoms with Crippen molar-refractivity contribution >= 4 is 22.8 Å². The molecule has 0 atom stereocenters. The molecule has 0 aliphatic heterocycles. The quantitative estimate of drug-likeness (QED) is 0.901. The van der Waals surface area contributed by atoms with Crippen LogP contribution in [-0.4, -0.2) is 33.9 Å². The van der Waals surface area contributed by atoms with Crippen LogP contribution in [0.25, 0.3) is 11.0 Å². The van der Waals surface area contributed by atoms with E-state index in [-0.39, 0.29) is 18.0 Å². The summed E-state index contributed by atoms with van der Waals surface area (Å²) in [6.07, 6.45) is 0. The van der Waals surface area contributed by atoms with E-state index in [2.05, 4.69) is 20.6 Å². The molecule has 2 N–H and O–H groups in total. The molecule has 7 heteroatoms. The van der Waals surface area contributed by atoms with Crippen LogP contribution in [-0.2, 0) is 4.79 Å². The SMILES string of the molecule is Cc1nc2cc(F)cc(C(=O)NCC(=O)NC(C)(C)C)c2nc1C. The van der Waals surface area contributed by atoms with E-state index in [4.69, 9.17) is 0 Å². The van der Waals surface area contributed by atoms with E-state index in [0.29, 0.717) is 22.4 Å². The molecule has 2 aromatic rings. The highest BCUT2D eigenvalue weighted by Gasteiger charge is 2.18. The third kappa shape index (κ3) is 4.24. The van der Waals surface area contributed by atoms with Crippen molar-refractivity contribution in [1.82, 2.24) is 20.6 Å². The molecule has 0 bridgehead atoms. The Morgan fingerprint density at radius 1 is 1.12 bits per heavy atom. The zero-order valence-corrected chi connectivity index (χ0v) is 14.5. The molecular weight excluding hydrogens is 311 g/mol. The minimum Gasteiger partial charge on any atom is -0.350 e. The largest absolute Gasteiger partial charge is 0.350 e. The van der Waals surface area contributed by atoms with Gasteiger partial charge in [-0.2, -0.15) is 0 Å². The average Bonchev–Trinajstić information content (AvgIpc) is 2.44. The monoisotopic (exact) mass is 332 g/mol. The number of carbonyl (C=O) groups excluding carboxylic acids is 2. The van der Waals surface area contributed by atoms with E-state index in [1.165, 1.54) is 6.07 Å². The second-order valence-electron chi connectivity index (χ2n) is 6.70. The molecule has 2 rings (SSSR count). The van der Waals surface area contributed by atoms with Gasteiger partial charge < -0.3 is 10.6 Å². The lowest BCUT2D eigenvalue weighted by Gasteiger charge is -2.20.